The summed E-state index contributed by atoms with van der Waals surface area (Å²) < 4.78 is 25.0. The van der Waals surface area contributed by atoms with Crippen LogP contribution < -0.4 is 0 Å². The highest BCUT2D eigenvalue weighted by Gasteiger charge is 2.57. The van der Waals surface area contributed by atoms with Crippen molar-refractivity contribution < 1.29 is 8.78 Å². The molecule has 0 bridgehead atoms. The molecule has 0 unspecified atom stereocenters. The summed E-state index contributed by atoms with van der Waals surface area (Å²) in [6, 6.07) is 8.94. The lowest BCUT2D eigenvalue weighted by molar-refractivity contribution is 0.112. The number of hydrogen-bond donors (Lipinski definition) is 0. The molecular weight excluding hydrogens is 146 g/mol. The number of hydrogen-bond acceptors (Lipinski definition) is 0. The summed E-state index contributed by atoms with van der Waals surface area (Å²) in [5.41, 5.74) is 0.762. The molecular formula is C9H8F2. The molecule has 2 heteroatoms. The van der Waals surface area contributed by atoms with Gasteiger partial charge < -0.3 is 0 Å². The maximum atomic E-state index is 12.5. The predicted molar refractivity (Wildman–Crippen MR) is 38.7 cm³/mol. The van der Waals surface area contributed by atoms with E-state index in [1.54, 1.807) is 24.3 Å². The molecule has 58 valence electrons. The molecule has 0 spiro atoms. The van der Waals surface area contributed by atoms with Gasteiger partial charge in [0, 0.05) is 6.42 Å². The predicted octanol–water partition coefficient (Wildman–Crippen LogP) is 2.81. The average molecular weight is 154 g/mol. The van der Waals surface area contributed by atoms with Crippen molar-refractivity contribution in [2.45, 2.75) is 18.3 Å². The molecule has 2 rings (SSSR count). The van der Waals surface area contributed by atoms with Crippen LogP contribution in [0.5, 0.6) is 0 Å². The van der Waals surface area contributed by atoms with Gasteiger partial charge in [0.2, 0.25) is 0 Å². The van der Waals surface area contributed by atoms with E-state index in [1.165, 1.54) is 0 Å². The van der Waals surface area contributed by atoms with Gasteiger partial charge in [0.1, 0.15) is 0 Å². The summed E-state index contributed by atoms with van der Waals surface area (Å²) in [5, 5.41) is 0. The summed E-state index contributed by atoms with van der Waals surface area (Å²) >= 11 is 0. The summed E-state index contributed by atoms with van der Waals surface area (Å²) in [7, 11) is 0. The Hall–Kier alpha value is -0.920. The van der Waals surface area contributed by atoms with Crippen LogP contribution in [-0.2, 0) is 0 Å². The van der Waals surface area contributed by atoms with E-state index in [0.29, 0.717) is 0 Å². The van der Waals surface area contributed by atoms with Crippen LogP contribution in [0.3, 0.4) is 0 Å². The van der Waals surface area contributed by atoms with Gasteiger partial charge in [-0.1, -0.05) is 30.3 Å². The quantitative estimate of drug-likeness (QED) is 0.583. The summed E-state index contributed by atoms with van der Waals surface area (Å²) in [5.74, 6) is -2.94. The van der Waals surface area contributed by atoms with Gasteiger partial charge in [0.05, 0.1) is 5.92 Å². The molecule has 1 atom stereocenters. The SMILES string of the molecule is FC1(F)C[C@@H]1c1ccccc1. The highest BCUT2D eigenvalue weighted by atomic mass is 19.3. The standard InChI is InChI=1S/C9H8F2/c10-9(11)6-8(9)7-4-2-1-3-5-7/h1-5,8H,6H2/t8-/m1/s1. The summed E-state index contributed by atoms with van der Waals surface area (Å²) in [4.78, 5) is 0. The number of alkyl halides is 2. The molecule has 0 heterocycles. The van der Waals surface area contributed by atoms with E-state index in [1.807, 2.05) is 6.07 Å². The highest BCUT2D eigenvalue weighted by molar-refractivity contribution is 5.28. The molecule has 0 aromatic heterocycles. The maximum absolute atomic E-state index is 12.5. The minimum atomic E-state index is -2.43. The van der Waals surface area contributed by atoms with Gasteiger partial charge in [0.25, 0.3) is 5.92 Å². The Kier molecular flexibility index (Phi) is 1.25. The van der Waals surface area contributed by atoms with Crippen molar-refractivity contribution in [3.8, 4) is 0 Å². The molecule has 1 aromatic carbocycles. The Morgan fingerprint density at radius 2 is 1.73 bits per heavy atom. The van der Waals surface area contributed by atoms with Crippen molar-refractivity contribution in [3.63, 3.8) is 0 Å². The lowest BCUT2D eigenvalue weighted by Gasteiger charge is -1.96. The molecule has 11 heavy (non-hydrogen) atoms. The monoisotopic (exact) mass is 154 g/mol. The van der Waals surface area contributed by atoms with E-state index in [4.69, 9.17) is 0 Å². The van der Waals surface area contributed by atoms with Crippen molar-refractivity contribution in [1.82, 2.24) is 0 Å². The molecule has 1 aliphatic carbocycles. The molecule has 1 aromatic rings. The van der Waals surface area contributed by atoms with Gasteiger partial charge in [-0.3, -0.25) is 0 Å². The van der Waals surface area contributed by atoms with Crippen LogP contribution in [0.2, 0.25) is 0 Å². The first-order valence-electron chi connectivity index (χ1n) is 3.63. The topological polar surface area (TPSA) is 0 Å². The molecule has 1 saturated carbocycles. The molecule has 0 amide bonds. The van der Waals surface area contributed by atoms with Crippen LogP contribution in [0.4, 0.5) is 8.78 Å². The Bertz CT molecular complexity index is 254. The number of benzene rings is 1. The van der Waals surface area contributed by atoms with E-state index in [-0.39, 0.29) is 6.42 Å². The minimum Gasteiger partial charge on any atom is -0.206 e. The van der Waals surface area contributed by atoms with Gasteiger partial charge in [0.15, 0.2) is 0 Å². The van der Waals surface area contributed by atoms with E-state index >= 15 is 0 Å². The van der Waals surface area contributed by atoms with E-state index < -0.39 is 11.8 Å². The van der Waals surface area contributed by atoms with Gasteiger partial charge in [-0.2, -0.15) is 0 Å². The van der Waals surface area contributed by atoms with Crippen molar-refractivity contribution in [2.75, 3.05) is 0 Å². The number of halogens is 2. The Morgan fingerprint density at radius 1 is 1.18 bits per heavy atom. The molecule has 0 N–H and O–H groups in total. The molecule has 0 nitrogen and oxygen atoms in total. The molecule has 0 radical (unpaired) electrons. The Balaban J connectivity index is 2.21. The van der Waals surface area contributed by atoms with Gasteiger partial charge in [-0.15, -0.1) is 0 Å². The van der Waals surface area contributed by atoms with Crippen LogP contribution in [0.1, 0.15) is 17.9 Å². The third-order valence-electron chi connectivity index (χ3n) is 2.03. The Labute approximate surface area is 63.9 Å². The zero-order valence-electron chi connectivity index (χ0n) is 5.93. The fraction of sp³-hybridized carbons (Fsp3) is 0.333. The van der Waals surface area contributed by atoms with Crippen LogP contribution in [0.15, 0.2) is 30.3 Å². The van der Waals surface area contributed by atoms with Crippen molar-refractivity contribution in [1.29, 1.82) is 0 Å². The third-order valence-corrected chi connectivity index (χ3v) is 2.03. The average Bonchev–Trinajstić information content (AvgIpc) is 2.62. The smallest absolute Gasteiger partial charge is 0.206 e. The van der Waals surface area contributed by atoms with Gasteiger partial charge in [-0.25, -0.2) is 8.78 Å². The highest BCUT2D eigenvalue weighted by Crippen LogP contribution is 2.55. The van der Waals surface area contributed by atoms with Gasteiger partial charge >= 0.3 is 0 Å². The lowest BCUT2D eigenvalue weighted by atomic mass is 10.1. The van der Waals surface area contributed by atoms with Crippen LogP contribution in [-0.4, -0.2) is 5.92 Å². The minimum absolute atomic E-state index is 0.0248. The van der Waals surface area contributed by atoms with Crippen molar-refractivity contribution in [2.24, 2.45) is 0 Å². The summed E-state index contributed by atoms with van der Waals surface area (Å²) in [6.45, 7) is 0. The van der Waals surface area contributed by atoms with Crippen LogP contribution in [0.25, 0.3) is 0 Å². The largest absolute Gasteiger partial charge is 0.255 e. The van der Waals surface area contributed by atoms with E-state index in [0.717, 1.165) is 5.56 Å². The fourth-order valence-corrected chi connectivity index (χ4v) is 1.26. The Morgan fingerprint density at radius 3 is 2.18 bits per heavy atom. The molecule has 1 aliphatic rings. The second-order valence-corrected chi connectivity index (χ2v) is 2.93. The summed E-state index contributed by atoms with van der Waals surface area (Å²) in [6.07, 6.45) is 0.0248. The first-order chi connectivity index (χ1) is 5.20. The zero-order chi connectivity index (χ0) is 7.90. The van der Waals surface area contributed by atoms with Crippen molar-refractivity contribution in [3.05, 3.63) is 35.9 Å². The zero-order valence-corrected chi connectivity index (χ0v) is 5.93. The number of rotatable bonds is 1. The maximum Gasteiger partial charge on any atom is 0.255 e. The van der Waals surface area contributed by atoms with E-state index in [2.05, 4.69) is 0 Å². The lowest BCUT2D eigenvalue weighted by Crippen LogP contribution is -1.91. The van der Waals surface area contributed by atoms with E-state index in [9.17, 15) is 8.78 Å². The van der Waals surface area contributed by atoms with Crippen molar-refractivity contribution >= 4 is 0 Å². The van der Waals surface area contributed by atoms with Gasteiger partial charge in [-0.05, 0) is 5.56 Å². The van der Waals surface area contributed by atoms with Crippen LogP contribution >= 0.6 is 0 Å². The second-order valence-electron chi connectivity index (χ2n) is 2.93. The van der Waals surface area contributed by atoms with Crippen LogP contribution in [0, 0.1) is 0 Å². The molecule has 0 saturated heterocycles. The molecule has 1 fully saturated rings. The third kappa shape index (κ3) is 1.13. The first kappa shape index (κ1) is 6.77. The first-order valence-corrected chi connectivity index (χ1v) is 3.63. The second kappa shape index (κ2) is 2.03. The normalized spacial score (nSPS) is 26.5. The molecule has 0 aliphatic heterocycles. The fourth-order valence-electron chi connectivity index (χ4n) is 1.26.